The van der Waals surface area contributed by atoms with E-state index in [4.69, 9.17) is 14.6 Å². The van der Waals surface area contributed by atoms with E-state index in [0.29, 0.717) is 45.2 Å². The summed E-state index contributed by atoms with van der Waals surface area (Å²) < 4.78 is 11.3. The number of carbonyl (C=O) groups excluding carboxylic acids is 1. The van der Waals surface area contributed by atoms with Crippen LogP contribution in [0.15, 0.2) is 24.3 Å². The molecule has 1 aliphatic rings. The molecule has 1 heterocycles. The van der Waals surface area contributed by atoms with E-state index in [9.17, 15) is 9.59 Å². The summed E-state index contributed by atoms with van der Waals surface area (Å²) in [5.41, 5.74) is 0.947. The Bertz CT molecular complexity index is 617. The van der Waals surface area contributed by atoms with Crippen LogP contribution in [0.5, 0.6) is 5.75 Å². The number of rotatable bonds is 9. The van der Waals surface area contributed by atoms with Gasteiger partial charge in [0, 0.05) is 19.6 Å². The molecule has 1 amide bonds. The van der Waals surface area contributed by atoms with Crippen LogP contribution in [0.25, 0.3) is 0 Å². The fourth-order valence-electron chi connectivity index (χ4n) is 2.95. The molecular formula is C20H30N2O5. The summed E-state index contributed by atoms with van der Waals surface area (Å²) in [6.45, 7) is 6.83. The van der Waals surface area contributed by atoms with Crippen molar-refractivity contribution < 1.29 is 24.2 Å². The zero-order valence-electron chi connectivity index (χ0n) is 16.4. The Morgan fingerprint density at radius 1 is 1.33 bits per heavy atom. The SMILES string of the molecule is CC(C)COc1ccc(CC(=O)N2CCOC(CN(C)CC(=O)O)C2)cc1. The Hall–Kier alpha value is -2.12. The molecule has 1 unspecified atom stereocenters. The second-order valence-corrected chi connectivity index (χ2v) is 7.45. The largest absolute Gasteiger partial charge is 0.493 e. The lowest BCUT2D eigenvalue weighted by molar-refractivity contribution is -0.142. The number of nitrogens with zero attached hydrogens (tertiary/aromatic N) is 2. The third kappa shape index (κ3) is 7.56. The van der Waals surface area contributed by atoms with Crippen molar-refractivity contribution in [2.45, 2.75) is 26.4 Å². The molecule has 1 atom stereocenters. The third-order valence-electron chi connectivity index (χ3n) is 4.27. The molecule has 0 radical (unpaired) electrons. The van der Waals surface area contributed by atoms with Gasteiger partial charge in [-0.1, -0.05) is 26.0 Å². The van der Waals surface area contributed by atoms with Crippen LogP contribution in [0.3, 0.4) is 0 Å². The summed E-state index contributed by atoms with van der Waals surface area (Å²) >= 11 is 0. The molecule has 1 aromatic carbocycles. The Kier molecular flexibility index (Phi) is 8.06. The number of carboxylic acids is 1. The van der Waals surface area contributed by atoms with Gasteiger partial charge >= 0.3 is 5.97 Å². The lowest BCUT2D eigenvalue weighted by atomic mass is 10.1. The number of hydrogen-bond donors (Lipinski definition) is 1. The quantitative estimate of drug-likeness (QED) is 0.702. The fraction of sp³-hybridized carbons (Fsp3) is 0.600. The second kappa shape index (κ2) is 10.3. The highest BCUT2D eigenvalue weighted by atomic mass is 16.5. The molecule has 2 rings (SSSR count). The van der Waals surface area contributed by atoms with Crippen LogP contribution in [0.4, 0.5) is 0 Å². The van der Waals surface area contributed by atoms with E-state index in [1.165, 1.54) is 0 Å². The fourth-order valence-corrected chi connectivity index (χ4v) is 2.95. The summed E-state index contributed by atoms with van der Waals surface area (Å²) in [4.78, 5) is 26.9. The molecule has 7 nitrogen and oxygen atoms in total. The van der Waals surface area contributed by atoms with E-state index in [-0.39, 0.29) is 18.6 Å². The van der Waals surface area contributed by atoms with Crippen LogP contribution < -0.4 is 4.74 Å². The summed E-state index contributed by atoms with van der Waals surface area (Å²) in [5, 5.41) is 8.84. The molecule has 7 heteroatoms. The molecule has 0 bridgehead atoms. The van der Waals surface area contributed by atoms with Crippen molar-refractivity contribution in [1.82, 2.24) is 9.80 Å². The van der Waals surface area contributed by atoms with Crippen LogP contribution >= 0.6 is 0 Å². The first-order chi connectivity index (χ1) is 12.8. The number of carbonyl (C=O) groups is 2. The smallest absolute Gasteiger partial charge is 0.317 e. The number of benzene rings is 1. The standard InChI is InChI=1S/C20H30N2O5/c1-15(2)14-27-17-6-4-16(5-7-17)10-19(23)22-8-9-26-18(12-22)11-21(3)13-20(24)25/h4-7,15,18H,8-14H2,1-3H3,(H,24,25). The zero-order chi connectivity index (χ0) is 19.8. The Balaban J connectivity index is 1.83. The highest BCUT2D eigenvalue weighted by molar-refractivity contribution is 5.79. The molecular weight excluding hydrogens is 348 g/mol. The van der Waals surface area contributed by atoms with Crippen molar-refractivity contribution in [3.63, 3.8) is 0 Å². The van der Waals surface area contributed by atoms with Crippen LogP contribution in [0.2, 0.25) is 0 Å². The minimum atomic E-state index is -0.873. The van der Waals surface area contributed by atoms with Crippen molar-refractivity contribution in [2.75, 3.05) is 46.4 Å². The Morgan fingerprint density at radius 3 is 2.67 bits per heavy atom. The van der Waals surface area contributed by atoms with Gasteiger partial charge in [-0.25, -0.2) is 0 Å². The zero-order valence-corrected chi connectivity index (χ0v) is 16.4. The molecule has 0 saturated carbocycles. The molecule has 1 aromatic rings. The second-order valence-electron chi connectivity index (χ2n) is 7.45. The van der Waals surface area contributed by atoms with Crippen molar-refractivity contribution in [2.24, 2.45) is 5.92 Å². The molecule has 0 spiro atoms. The minimum Gasteiger partial charge on any atom is -0.493 e. The molecule has 1 saturated heterocycles. The van der Waals surface area contributed by atoms with E-state index in [1.807, 2.05) is 24.3 Å². The number of amides is 1. The number of hydrogen-bond acceptors (Lipinski definition) is 5. The van der Waals surface area contributed by atoms with Gasteiger partial charge in [-0.3, -0.25) is 14.5 Å². The summed E-state index contributed by atoms with van der Waals surface area (Å²) in [5.74, 6) is 0.463. The van der Waals surface area contributed by atoms with Gasteiger partial charge in [0.05, 0.1) is 32.3 Å². The first kappa shape index (κ1) is 21.2. The van der Waals surface area contributed by atoms with E-state index in [1.54, 1.807) is 16.8 Å². The Morgan fingerprint density at radius 2 is 2.04 bits per heavy atom. The first-order valence-electron chi connectivity index (χ1n) is 9.35. The van der Waals surface area contributed by atoms with E-state index in [0.717, 1.165) is 11.3 Å². The van der Waals surface area contributed by atoms with Crippen LogP contribution in [-0.4, -0.2) is 79.3 Å². The van der Waals surface area contributed by atoms with E-state index in [2.05, 4.69) is 13.8 Å². The van der Waals surface area contributed by atoms with Gasteiger partial charge in [-0.15, -0.1) is 0 Å². The van der Waals surface area contributed by atoms with Gasteiger partial charge in [0.1, 0.15) is 5.75 Å². The first-order valence-corrected chi connectivity index (χ1v) is 9.35. The number of ether oxygens (including phenoxy) is 2. The number of aliphatic carboxylic acids is 1. The number of carboxylic acid groups (broad SMARTS) is 1. The predicted octanol–water partition coefficient (Wildman–Crippen LogP) is 1.51. The molecule has 1 N–H and O–H groups in total. The number of morpholine rings is 1. The molecule has 1 aliphatic heterocycles. The van der Waals surface area contributed by atoms with Crippen LogP contribution in [-0.2, 0) is 20.7 Å². The van der Waals surface area contributed by atoms with E-state index >= 15 is 0 Å². The highest BCUT2D eigenvalue weighted by Gasteiger charge is 2.25. The molecule has 0 aromatic heterocycles. The highest BCUT2D eigenvalue weighted by Crippen LogP contribution is 2.15. The average Bonchev–Trinajstić information content (AvgIpc) is 2.60. The van der Waals surface area contributed by atoms with Gasteiger partial charge in [0.2, 0.25) is 5.91 Å². The number of likely N-dealkylation sites (N-methyl/N-ethyl adjacent to an activating group) is 1. The van der Waals surface area contributed by atoms with Crippen LogP contribution in [0.1, 0.15) is 19.4 Å². The lowest BCUT2D eigenvalue weighted by Gasteiger charge is -2.34. The topological polar surface area (TPSA) is 79.3 Å². The average molecular weight is 378 g/mol. The summed E-state index contributed by atoms with van der Waals surface area (Å²) in [6.07, 6.45) is 0.168. The maximum Gasteiger partial charge on any atom is 0.317 e. The van der Waals surface area contributed by atoms with Gasteiger partial charge in [-0.05, 0) is 30.7 Å². The minimum absolute atomic E-state index is 0.0426. The van der Waals surface area contributed by atoms with Gasteiger partial charge in [-0.2, -0.15) is 0 Å². The van der Waals surface area contributed by atoms with Crippen LogP contribution in [0, 0.1) is 5.92 Å². The monoisotopic (exact) mass is 378 g/mol. The molecule has 27 heavy (non-hydrogen) atoms. The van der Waals surface area contributed by atoms with Crippen molar-refractivity contribution in [3.8, 4) is 5.75 Å². The third-order valence-corrected chi connectivity index (χ3v) is 4.27. The van der Waals surface area contributed by atoms with Gasteiger partial charge < -0.3 is 19.5 Å². The van der Waals surface area contributed by atoms with Crippen molar-refractivity contribution in [3.05, 3.63) is 29.8 Å². The van der Waals surface area contributed by atoms with Crippen molar-refractivity contribution >= 4 is 11.9 Å². The van der Waals surface area contributed by atoms with E-state index < -0.39 is 5.97 Å². The summed E-state index contributed by atoms with van der Waals surface area (Å²) in [7, 11) is 1.74. The normalized spacial score (nSPS) is 17.4. The predicted molar refractivity (Wildman–Crippen MR) is 102 cm³/mol. The van der Waals surface area contributed by atoms with Gasteiger partial charge in [0.25, 0.3) is 0 Å². The maximum atomic E-state index is 12.6. The molecule has 150 valence electrons. The Labute approximate surface area is 160 Å². The maximum absolute atomic E-state index is 12.6. The lowest BCUT2D eigenvalue weighted by Crippen LogP contribution is -2.50. The molecule has 1 fully saturated rings. The molecule has 0 aliphatic carbocycles. The van der Waals surface area contributed by atoms with Gasteiger partial charge in [0.15, 0.2) is 0 Å². The van der Waals surface area contributed by atoms with Crippen molar-refractivity contribution in [1.29, 1.82) is 0 Å². The summed E-state index contributed by atoms with van der Waals surface area (Å²) in [6, 6.07) is 7.64.